The fourth-order valence-corrected chi connectivity index (χ4v) is 3.38. The van der Waals surface area contributed by atoms with Crippen molar-refractivity contribution in [1.29, 1.82) is 0 Å². The molecule has 1 aromatic carbocycles. The van der Waals surface area contributed by atoms with Crippen molar-refractivity contribution in [1.82, 2.24) is 19.7 Å². The van der Waals surface area contributed by atoms with Crippen LogP contribution in [0.3, 0.4) is 0 Å². The monoisotopic (exact) mass is 468 g/mol. The number of nitrogens with one attached hydrogen (secondary N) is 1. The van der Waals surface area contributed by atoms with Gasteiger partial charge < -0.3 is 10.1 Å². The van der Waals surface area contributed by atoms with Crippen molar-refractivity contribution in [3.05, 3.63) is 52.8 Å². The zero-order chi connectivity index (χ0) is 23.3. The number of aromatic nitrogens is 4. The number of carbonyl (C=O) groups is 1. The quantitative estimate of drug-likeness (QED) is 0.302. The maximum Gasteiger partial charge on any atom is 0.406 e. The number of alkyl halides is 3. The third-order valence-electron chi connectivity index (χ3n) is 4.00. The molecule has 0 unspecified atom stereocenters. The molecule has 0 fully saturated rings. The Balaban J connectivity index is 1.76. The molecule has 168 valence electrons. The minimum Gasteiger partial charge on any atom is -0.494 e. The highest BCUT2D eigenvalue weighted by atomic mass is 32.2. The van der Waals surface area contributed by atoms with E-state index in [1.54, 1.807) is 0 Å². The number of benzene rings is 1. The van der Waals surface area contributed by atoms with E-state index < -0.39 is 23.6 Å². The van der Waals surface area contributed by atoms with Crippen LogP contribution in [0.1, 0.15) is 0 Å². The number of nitro benzene ring substituents is 1. The summed E-state index contributed by atoms with van der Waals surface area (Å²) in [4.78, 5) is 26.4. The van der Waals surface area contributed by atoms with Crippen molar-refractivity contribution in [2.45, 2.75) is 17.9 Å². The number of pyridine rings is 1. The Hall–Kier alpha value is -3.68. The smallest absolute Gasteiger partial charge is 0.406 e. The molecule has 32 heavy (non-hydrogen) atoms. The predicted molar refractivity (Wildman–Crippen MR) is 108 cm³/mol. The summed E-state index contributed by atoms with van der Waals surface area (Å²) in [5, 5.41) is 20.9. The summed E-state index contributed by atoms with van der Waals surface area (Å²) in [7, 11) is 1.28. The molecular weight excluding hydrogens is 453 g/mol. The molecule has 0 atom stereocenters. The molecular formula is C18H15F3N6O4S. The van der Waals surface area contributed by atoms with Gasteiger partial charge >= 0.3 is 6.18 Å². The number of hydrogen-bond acceptors (Lipinski definition) is 8. The van der Waals surface area contributed by atoms with Gasteiger partial charge in [0.05, 0.1) is 29.5 Å². The van der Waals surface area contributed by atoms with Gasteiger partial charge in [0.2, 0.25) is 5.91 Å². The number of rotatable bonds is 8. The lowest BCUT2D eigenvalue weighted by Gasteiger charge is -2.13. The van der Waals surface area contributed by atoms with Crippen molar-refractivity contribution in [3.63, 3.8) is 0 Å². The fraction of sp³-hybridized carbons (Fsp3) is 0.222. The van der Waals surface area contributed by atoms with E-state index in [9.17, 15) is 28.1 Å². The second-order valence-electron chi connectivity index (χ2n) is 6.22. The molecule has 14 heteroatoms. The molecule has 0 spiro atoms. The number of nitro groups is 1. The van der Waals surface area contributed by atoms with Gasteiger partial charge in [-0.05, 0) is 18.2 Å². The fourth-order valence-electron chi connectivity index (χ4n) is 2.64. The van der Waals surface area contributed by atoms with Gasteiger partial charge in [-0.3, -0.25) is 24.5 Å². The minimum atomic E-state index is -4.53. The maximum atomic E-state index is 13.1. The lowest BCUT2D eigenvalue weighted by molar-refractivity contribution is -0.384. The lowest BCUT2D eigenvalue weighted by atomic mass is 10.2. The van der Waals surface area contributed by atoms with Gasteiger partial charge in [-0.1, -0.05) is 11.8 Å². The van der Waals surface area contributed by atoms with Crippen molar-refractivity contribution >= 4 is 29.0 Å². The third kappa shape index (κ3) is 5.72. The van der Waals surface area contributed by atoms with Crippen molar-refractivity contribution < 1.29 is 27.6 Å². The minimum absolute atomic E-state index is 0.00956. The number of nitrogens with zero attached hydrogens (tertiary/aromatic N) is 5. The second-order valence-corrected chi connectivity index (χ2v) is 7.16. The van der Waals surface area contributed by atoms with Gasteiger partial charge in [0.25, 0.3) is 5.69 Å². The first-order chi connectivity index (χ1) is 15.2. The number of hydrogen-bond donors (Lipinski definition) is 1. The number of non-ortho nitro benzene ring substituents is 1. The molecule has 0 bridgehead atoms. The molecule has 0 radical (unpaired) electrons. The summed E-state index contributed by atoms with van der Waals surface area (Å²) in [6.45, 7) is -1.34. The van der Waals surface area contributed by atoms with E-state index in [2.05, 4.69) is 20.5 Å². The summed E-state index contributed by atoms with van der Waals surface area (Å²) in [5.41, 5.74) is 0.347. The topological polar surface area (TPSA) is 125 Å². The van der Waals surface area contributed by atoms with Gasteiger partial charge in [-0.25, -0.2) is 0 Å². The van der Waals surface area contributed by atoms with E-state index in [0.29, 0.717) is 5.56 Å². The van der Waals surface area contributed by atoms with Crippen molar-refractivity contribution in [3.8, 4) is 17.1 Å². The maximum absolute atomic E-state index is 13.1. The van der Waals surface area contributed by atoms with Crippen LogP contribution < -0.4 is 10.1 Å². The van der Waals surface area contributed by atoms with Gasteiger partial charge in [-0.2, -0.15) is 13.2 Å². The number of thioether (sulfide) groups is 1. The molecule has 0 aliphatic carbocycles. The first-order valence-electron chi connectivity index (χ1n) is 8.83. The van der Waals surface area contributed by atoms with Crippen LogP contribution in [0.2, 0.25) is 0 Å². The van der Waals surface area contributed by atoms with E-state index in [0.717, 1.165) is 22.4 Å². The van der Waals surface area contributed by atoms with Crippen LogP contribution >= 0.6 is 11.8 Å². The van der Waals surface area contributed by atoms with E-state index in [-0.39, 0.29) is 33.9 Å². The molecule has 0 saturated carbocycles. The van der Waals surface area contributed by atoms with Gasteiger partial charge in [0, 0.05) is 24.0 Å². The van der Waals surface area contributed by atoms with Gasteiger partial charge in [-0.15, -0.1) is 10.2 Å². The highest BCUT2D eigenvalue weighted by Gasteiger charge is 2.31. The normalized spacial score (nSPS) is 11.2. The van der Waals surface area contributed by atoms with E-state index >= 15 is 0 Å². The number of ether oxygens (including phenoxy) is 1. The Morgan fingerprint density at radius 2 is 1.97 bits per heavy atom. The summed E-state index contributed by atoms with van der Waals surface area (Å²) < 4.78 is 45.3. The Morgan fingerprint density at radius 1 is 1.25 bits per heavy atom. The standard InChI is InChI=1S/C18H15F3N6O4S/c1-31-14-8-12(27(29)30)2-3-13(14)23-15(28)9-32-17-25-24-16(11-4-6-22-7-5-11)26(17)10-18(19,20)21/h2-8H,9-10H2,1H3,(H,23,28). The largest absolute Gasteiger partial charge is 0.494 e. The van der Waals surface area contributed by atoms with Crippen LogP contribution in [0.25, 0.3) is 11.4 Å². The van der Waals surface area contributed by atoms with E-state index in [4.69, 9.17) is 4.74 Å². The molecule has 0 aliphatic heterocycles. The van der Waals surface area contributed by atoms with Crippen LogP contribution in [0, 0.1) is 10.1 Å². The summed E-state index contributed by atoms with van der Waals surface area (Å²) in [6, 6.07) is 6.63. The first-order valence-corrected chi connectivity index (χ1v) is 9.82. The molecule has 0 saturated heterocycles. The Kier molecular flexibility index (Phi) is 6.92. The lowest BCUT2D eigenvalue weighted by Crippen LogP contribution is -2.20. The number of methoxy groups -OCH3 is 1. The average Bonchev–Trinajstić information content (AvgIpc) is 3.13. The average molecular weight is 468 g/mol. The van der Waals surface area contributed by atoms with Crippen LogP contribution in [0.15, 0.2) is 47.9 Å². The second kappa shape index (κ2) is 9.64. The number of amides is 1. The van der Waals surface area contributed by atoms with Gasteiger partial charge in [0.1, 0.15) is 12.3 Å². The molecule has 2 aromatic heterocycles. The van der Waals surface area contributed by atoms with Crippen LogP contribution in [-0.2, 0) is 11.3 Å². The molecule has 0 aliphatic rings. The Bertz CT molecular complexity index is 1120. The van der Waals surface area contributed by atoms with E-state index in [1.807, 2.05) is 0 Å². The highest BCUT2D eigenvalue weighted by Crippen LogP contribution is 2.30. The first kappa shape index (κ1) is 23.0. The molecule has 3 aromatic rings. The number of anilines is 1. The third-order valence-corrected chi connectivity index (χ3v) is 4.96. The van der Waals surface area contributed by atoms with Crippen LogP contribution in [0.5, 0.6) is 5.75 Å². The zero-order valence-electron chi connectivity index (χ0n) is 16.4. The van der Waals surface area contributed by atoms with E-state index in [1.165, 1.54) is 43.8 Å². The number of carbonyl (C=O) groups excluding carboxylic acids is 1. The van der Waals surface area contributed by atoms with Crippen LogP contribution in [-0.4, -0.2) is 49.6 Å². The summed E-state index contributed by atoms with van der Waals surface area (Å²) >= 11 is 0.765. The molecule has 1 amide bonds. The SMILES string of the molecule is COc1cc([N+](=O)[O-])ccc1NC(=O)CSc1nnc(-c2ccncc2)n1CC(F)(F)F. The van der Waals surface area contributed by atoms with Crippen LogP contribution in [0.4, 0.5) is 24.5 Å². The highest BCUT2D eigenvalue weighted by molar-refractivity contribution is 7.99. The molecule has 3 rings (SSSR count). The van der Waals surface area contributed by atoms with Gasteiger partial charge in [0.15, 0.2) is 11.0 Å². The van der Waals surface area contributed by atoms with Crippen molar-refractivity contribution in [2.24, 2.45) is 0 Å². The predicted octanol–water partition coefficient (Wildman–Crippen LogP) is 3.55. The zero-order valence-corrected chi connectivity index (χ0v) is 17.2. The van der Waals surface area contributed by atoms with Crippen molar-refractivity contribution in [2.75, 3.05) is 18.2 Å². The number of halogens is 3. The summed E-state index contributed by atoms with van der Waals surface area (Å²) in [6.07, 6.45) is -1.70. The Morgan fingerprint density at radius 3 is 2.59 bits per heavy atom. The molecule has 10 nitrogen and oxygen atoms in total. The molecule has 2 heterocycles. The molecule has 1 N–H and O–H groups in total. The Labute approximate surface area is 183 Å². The summed E-state index contributed by atoms with van der Waals surface area (Å²) in [5.74, 6) is -0.802.